The van der Waals surface area contributed by atoms with Gasteiger partial charge in [-0.05, 0) is 40.3 Å². The number of nitrogens with zero attached hydrogens (tertiary/aromatic N) is 3. The largest absolute Gasteiger partial charge is 0.316 e. The summed E-state index contributed by atoms with van der Waals surface area (Å²) < 4.78 is 1.99. The maximum absolute atomic E-state index is 4.49. The van der Waals surface area contributed by atoms with Crippen molar-refractivity contribution in [3.05, 3.63) is 17.0 Å². The highest BCUT2D eigenvalue weighted by Gasteiger charge is 2.20. The van der Waals surface area contributed by atoms with Crippen LogP contribution < -0.4 is 5.32 Å². The molecular weight excluding hydrogens is 248 g/mol. The van der Waals surface area contributed by atoms with Gasteiger partial charge in [-0.1, -0.05) is 0 Å². The summed E-state index contributed by atoms with van der Waals surface area (Å²) in [4.78, 5) is 2.54. The third kappa shape index (κ3) is 3.25. The van der Waals surface area contributed by atoms with E-state index in [2.05, 4.69) is 36.2 Å². The first kappa shape index (κ1) is 15.5. The van der Waals surface area contributed by atoms with Gasteiger partial charge in [-0.3, -0.25) is 9.58 Å². The molecule has 0 aromatic carbocycles. The van der Waals surface area contributed by atoms with Gasteiger partial charge >= 0.3 is 0 Å². The lowest BCUT2D eigenvalue weighted by atomic mass is 10.0. The zero-order chi connectivity index (χ0) is 12.4. The van der Waals surface area contributed by atoms with E-state index in [0.717, 1.165) is 13.1 Å². The van der Waals surface area contributed by atoms with Gasteiger partial charge in [-0.15, -0.1) is 12.4 Å². The van der Waals surface area contributed by atoms with Crippen LogP contribution in [0.1, 0.15) is 29.8 Å². The first-order valence-electron chi connectivity index (χ1n) is 6.50. The van der Waals surface area contributed by atoms with E-state index < -0.39 is 0 Å². The van der Waals surface area contributed by atoms with E-state index in [1.165, 1.54) is 36.3 Å². The van der Waals surface area contributed by atoms with E-state index in [1.807, 2.05) is 11.7 Å². The van der Waals surface area contributed by atoms with Crippen molar-refractivity contribution >= 4 is 12.4 Å². The van der Waals surface area contributed by atoms with Crippen LogP contribution in [0.2, 0.25) is 0 Å². The number of likely N-dealkylation sites (N-methyl/N-ethyl adjacent to an activating group) is 1. The van der Waals surface area contributed by atoms with Gasteiger partial charge in [-0.2, -0.15) is 5.10 Å². The molecule has 0 radical (unpaired) electrons. The van der Waals surface area contributed by atoms with Crippen LogP contribution in [0.5, 0.6) is 0 Å². The Morgan fingerprint density at radius 2 is 2.11 bits per heavy atom. The highest BCUT2D eigenvalue weighted by molar-refractivity contribution is 5.85. The smallest absolute Gasteiger partial charge is 0.0641 e. The first-order valence-corrected chi connectivity index (χ1v) is 6.50. The van der Waals surface area contributed by atoms with Crippen molar-refractivity contribution in [2.24, 2.45) is 7.05 Å². The third-order valence-electron chi connectivity index (χ3n) is 3.95. The van der Waals surface area contributed by atoms with Gasteiger partial charge in [0.25, 0.3) is 0 Å². The zero-order valence-corrected chi connectivity index (χ0v) is 12.7. The van der Waals surface area contributed by atoms with Gasteiger partial charge in [-0.25, -0.2) is 0 Å². The summed E-state index contributed by atoms with van der Waals surface area (Å²) in [5.74, 6) is 0. The van der Waals surface area contributed by atoms with E-state index in [0.29, 0.717) is 6.04 Å². The fraction of sp³-hybridized carbons (Fsp3) is 0.769. The number of likely N-dealkylation sites (tertiary alicyclic amines) is 1. The Bertz CT molecular complexity index is 389. The number of hydrogen-bond donors (Lipinski definition) is 1. The Balaban J connectivity index is 0.00000162. The van der Waals surface area contributed by atoms with Gasteiger partial charge in [0.05, 0.1) is 5.69 Å². The minimum Gasteiger partial charge on any atom is -0.316 e. The molecule has 0 amide bonds. The predicted octanol–water partition coefficient (Wildman–Crippen LogP) is 1.64. The maximum atomic E-state index is 4.49. The summed E-state index contributed by atoms with van der Waals surface area (Å²) in [7, 11) is 4.09. The van der Waals surface area contributed by atoms with Crippen molar-refractivity contribution in [1.82, 2.24) is 20.0 Å². The Kier molecular flexibility index (Phi) is 5.63. The fourth-order valence-electron chi connectivity index (χ4n) is 2.70. The number of piperidine rings is 1. The quantitative estimate of drug-likeness (QED) is 0.908. The van der Waals surface area contributed by atoms with Crippen LogP contribution in [0.4, 0.5) is 0 Å². The summed E-state index contributed by atoms with van der Waals surface area (Å²) >= 11 is 0. The molecule has 4 nitrogen and oxygen atoms in total. The Morgan fingerprint density at radius 3 is 2.67 bits per heavy atom. The second-order valence-corrected chi connectivity index (χ2v) is 5.14. The van der Waals surface area contributed by atoms with E-state index in [1.54, 1.807) is 0 Å². The van der Waals surface area contributed by atoms with Gasteiger partial charge in [0.2, 0.25) is 0 Å². The van der Waals surface area contributed by atoms with Crippen LogP contribution in [0.3, 0.4) is 0 Å². The molecule has 1 N–H and O–H groups in total. The maximum Gasteiger partial charge on any atom is 0.0641 e. The van der Waals surface area contributed by atoms with Crippen LogP contribution in [-0.4, -0.2) is 40.9 Å². The molecule has 0 aliphatic carbocycles. The van der Waals surface area contributed by atoms with Crippen LogP contribution >= 0.6 is 12.4 Å². The van der Waals surface area contributed by atoms with Crippen LogP contribution in [0.15, 0.2) is 0 Å². The molecule has 1 aromatic heterocycles. The molecule has 104 valence electrons. The SMILES string of the molecule is CNC1CCCN(Cc2c(C)nn(C)c2C)C1.Cl. The molecule has 1 atom stereocenters. The summed E-state index contributed by atoms with van der Waals surface area (Å²) in [6, 6.07) is 0.654. The molecule has 0 saturated carbocycles. The lowest BCUT2D eigenvalue weighted by Crippen LogP contribution is -2.44. The molecule has 1 aliphatic heterocycles. The highest BCUT2D eigenvalue weighted by atomic mass is 35.5. The van der Waals surface area contributed by atoms with Crippen molar-refractivity contribution in [1.29, 1.82) is 0 Å². The predicted molar refractivity (Wildman–Crippen MR) is 77.3 cm³/mol. The van der Waals surface area contributed by atoms with Crippen LogP contribution in [0.25, 0.3) is 0 Å². The van der Waals surface area contributed by atoms with Crippen LogP contribution in [-0.2, 0) is 13.6 Å². The van der Waals surface area contributed by atoms with Crippen molar-refractivity contribution < 1.29 is 0 Å². The summed E-state index contributed by atoms with van der Waals surface area (Å²) in [6.07, 6.45) is 2.60. The van der Waals surface area contributed by atoms with E-state index in [9.17, 15) is 0 Å². The fourth-order valence-corrected chi connectivity index (χ4v) is 2.70. The van der Waals surface area contributed by atoms with Gasteiger partial charge in [0.1, 0.15) is 0 Å². The Labute approximate surface area is 116 Å². The lowest BCUT2D eigenvalue weighted by molar-refractivity contribution is 0.187. The van der Waals surface area contributed by atoms with Crippen molar-refractivity contribution in [3.63, 3.8) is 0 Å². The van der Waals surface area contributed by atoms with Crippen LogP contribution in [0, 0.1) is 13.8 Å². The molecule has 1 aliphatic rings. The average molecular weight is 273 g/mol. The number of rotatable bonds is 3. The molecule has 5 heteroatoms. The van der Waals surface area contributed by atoms with Crippen molar-refractivity contribution in [2.75, 3.05) is 20.1 Å². The third-order valence-corrected chi connectivity index (χ3v) is 3.95. The van der Waals surface area contributed by atoms with E-state index in [4.69, 9.17) is 0 Å². The zero-order valence-electron chi connectivity index (χ0n) is 11.9. The summed E-state index contributed by atoms with van der Waals surface area (Å²) in [5, 5.41) is 7.88. The van der Waals surface area contributed by atoms with Gasteiger partial charge in [0, 0.05) is 37.4 Å². The number of aromatic nitrogens is 2. The van der Waals surface area contributed by atoms with Crippen molar-refractivity contribution in [3.8, 4) is 0 Å². The van der Waals surface area contributed by atoms with Crippen molar-refractivity contribution in [2.45, 2.75) is 39.3 Å². The van der Waals surface area contributed by atoms with E-state index in [-0.39, 0.29) is 12.4 Å². The first-order chi connectivity index (χ1) is 8.11. The Hall–Kier alpha value is -0.580. The topological polar surface area (TPSA) is 33.1 Å². The normalized spacial score (nSPS) is 20.8. The second-order valence-electron chi connectivity index (χ2n) is 5.14. The number of aryl methyl sites for hydroxylation is 2. The van der Waals surface area contributed by atoms with E-state index >= 15 is 0 Å². The lowest BCUT2D eigenvalue weighted by Gasteiger charge is -2.32. The van der Waals surface area contributed by atoms with Gasteiger partial charge in [0.15, 0.2) is 0 Å². The molecule has 2 heterocycles. The average Bonchev–Trinajstić information content (AvgIpc) is 2.56. The number of hydrogen-bond acceptors (Lipinski definition) is 3. The minimum atomic E-state index is 0. The molecule has 0 spiro atoms. The molecule has 1 saturated heterocycles. The molecule has 2 rings (SSSR count). The van der Waals surface area contributed by atoms with Gasteiger partial charge < -0.3 is 5.32 Å². The molecule has 0 bridgehead atoms. The molecular formula is C13H25ClN4. The standard InChI is InChI=1S/C13H24N4.ClH/c1-10-13(11(2)16(4)15-10)9-17-7-5-6-12(8-17)14-3;/h12,14H,5-9H2,1-4H3;1H. The molecule has 1 unspecified atom stereocenters. The number of nitrogens with one attached hydrogen (secondary N) is 1. The monoisotopic (exact) mass is 272 g/mol. The second kappa shape index (κ2) is 6.55. The Morgan fingerprint density at radius 1 is 1.39 bits per heavy atom. The number of halogens is 1. The summed E-state index contributed by atoms with van der Waals surface area (Å²) in [6.45, 7) is 7.69. The molecule has 18 heavy (non-hydrogen) atoms. The summed E-state index contributed by atoms with van der Waals surface area (Å²) in [5.41, 5.74) is 3.88. The highest BCUT2D eigenvalue weighted by Crippen LogP contribution is 2.18. The molecule has 1 aromatic rings. The minimum absolute atomic E-state index is 0. The molecule has 1 fully saturated rings.